The van der Waals surface area contributed by atoms with Gasteiger partial charge in [0.2, 0.25) is 0 Å². The summed E-state index contributed by atoms with van der Waals surface area (Å²) < 4.78 is 0. The number of ketones is 1. The van der Waals surface area contributed by atoms with Crippen LogP contribution in [0.1, 0.15) is 37.0 Å². The van der Waals surface area contributed by atoms with E-state index in [9.17, 15) is 4.79 Å². The van der Waals surface area contributed by atoms with Gasteiger partial charge in [-0.25, -0.2) is 0 Å². The lowest BCUT2D eigenvalue weighted by atomic mass is 9.97. The Labute approximate surface area is 103 Å². The highest BCUT2D eigenvalue weighted by atomic mass is 16.6. The lowest BCUT2D eigenvalue weighted by molar-refractivity contribution is 0.0491. The Morgan fingerprint density at radius 3 is 2.47 bits per heavy atom. The van der Waals surface area contributed by atoms with Crippen molar-refractivity contribution in [3.8, 4) is 0 Å². The molecule has 1 rings (SSSR count). The summed E-state index contributed by atoms with van der Waals surface area (Å²) in [5, 5.41) is 0. The van der Waals surface area contributed by atoms with Crippen molar-refractivity contribution in [1.29, 1.82) is 0 Å². The van der Waals surface area contributed by atoms with Crippen molar-refractivity contribution in [3.05, 3.63) is 35.9 Å². The molecule has 0 saturated carbocycles. The summed E-state index contributed by atoms with van der Waals surface area (Å²) in [6.45, 7) is 4.27. The molecule has 0 aromatic heterocycles. The molecule has 0 aliphatic heterocycles. The predicted octanol–water partition coefficient (Wildman–Crippen LogP) is 2.83. The molecule has 3 heteroatoms. The molecule has 94 valence electrons. The van der Waals surface area contributed by atoms with Crippen LogP contribution in [0.15, 0.2) is 30.3 Å². The molecule has 0 bridgehead atoms. The molecule has 0 radical (unpaired) electrons. The Morgan fingerprint density at radius 1 is 1.29 bits per heavy atom. The number of nitrogens with one attached hydrogen (secondary N) is 1. The number of rotatable bonds is 7. The van der Waals surface area contributed by atoms with Crippen molar-refractivity contribution in [2.24, 2.45) is 5.92 Å². The van der Waals surface area contributed by atoms with Gasteiger partial charge < -0.3 is 4.84 Å². The van der Waals surface area contributed by atoms with Crippen LogP contribution >= 0.6 is 0 Å². The maximum absolute atomic E-state index is 12.0. The van der Waals surface area contributed by atoms with Crippen LogP contribution in [0.25, 0.3) is 0 Å². The molecule has 0 fully saturated rings. The molecule has 1 atom stereocenters. The Bertz CT molecular complexity index is 335. The van der Waals surface area contributed by atoms with Gasteiger partial charge in [0.15, 0.2) is 5.78 Å². The van der Waals surface area contributed by atoms with Gasteiger partial charge in [0.1, 0.15) is 0 Å². The molecule has 1 aromatic carbocycles. The normalized spacial score (nSPS) is 12.7. The van der Waals surface area contributed by atoms with Crippen LogP contribution in [0.4, 0.5) is 0 Å². The van der Waals surface area contributed by atoms with Crippen molar-refractivity contribution < 1.29 is 9.63 Å². The molecule has 0 spiro atoms. The van der Waals surface area contributed by atoms with E-state index in [1.165, 1.54) is 0 Å². The van der Waals surface area contributed by atoms with E-state index in [2.05, 4.69) is 19.3 Å². The first-order chi connectivity index (χ1) is 8.13. The number of carbonyl (C=O) groups excluding carboxylic acids is 1. The molecule has 0 unspecified atom stereocenters. The van der Waals surface area contributed by atoms with Crippen LogP contribution in [-0.4, -0.2) is 18.9 Å². The maximum atomic E-state index is 12.0. The summed E-state index contributed by atoms with van der Waals surface area (Å²) in [5.41, 5.74) is 3.66. The third-order valence-corrected chi connectivity index (χ3v) is 2.57. The van der Waals surface area contributed by atoms with Gasteiger partial charge >= 0.3 is 0 Å². The molecular formula is C14H21NO2. The van der Waals surface area contributed by atoms with Crippen molar-refractivity contribution in [2.75, 3.05) is 7.11 Å². The van der Waals surface area contributed by atoms with Gasteiger partial charge in [-0.2, -0.15) is 5.48 Å². The van der Waals surface area contributed by atoms with E-state index >= 15 is 0 Å². The molecule has 3 nitrogen and oxygen atoms in total. The minimum absolute atomic E-state index is 0.0766. The maximum Gasteiger partial charge on any atom is 0.164 e. The zero-order valence-corrected chi connectivity index (χ0v) is 10.8. The van der Waals surface area contributed by atoms with E-state index < -0.39 is 0 Å². The van der Waals surface area contributed by atoms with Crippen molar-refractivity contribution in [1.82, 2.24) is 5.48 Å². The molecular weight excluding hydrogens is 214 g/mol. The number of hydroxylamine groups is 1. The molecule has 1 aromatic rings. The molecule has 1 N–H and O–H groups in total. The highest BCUT2D eigenvalue weighted by Gasteiger charge is 2.16. The van der Waals surface area contributed by atoms with Gasteiger partial charge in [0.05, 0.1) is 7.11 Å². The Kier molecular flexibility index (Phi) is 5.87. The van der Waals surface area contributed by atoms with Gasteiger partial charge in [-0.1, -0.05) is 44.2 Å². The van der Waals surface area contributed by atoms with Gasteiger partial charge in [0, 0.05) is 18.0 Å². The summed E-state index contributed by atoms with van der Waals surface area (Å²) in [7, 11) is 1.58. The third-order valence-electron chi connectivity index (χ3n) is 2.57. The molecule has 17 heavy (non-hydrogen) atoms. The van der Waals surface area contributed by atoms with E-state index in [-0.39, 0.29) is 11.8 Å². The molecule has 0 aliphatic rings. The standard InChI is InChI=1S/C14H21NO2/c1-11(2)9-13(15-17-3)10-14(16)12-7-5-4-6-8-12/h4-8,11,13,15H,9-10H2,1-3H3/t13-/m0/s1. The van der Waals surface area contributed by atoms with Gasteiger partial charge in [-0.3, -0.25) is 4.79 Å². The zero-order valence-electron chi connectivity index (χ0n) is 10.8. The lowest BCUT2D eigenvalue weighted by Crippen LogP contribution is -2.31. The Morgan fingerprint density at radius 2 is 1.94 bits per heavy atom. The second-order valence-electron chi connectivity index (χ2n) is 4.64. The van der Waals surface area contributed by atoms with Crippen molar-refractivity contribution >= 4 is 5.78 Å². The van der Waals surface area contributed by atoms with E-state index in [1.54, 1.807) is 7.11 Å². The van der Waals surface area contributed by atoms with E-state index in [1.807, 2.05) is 30.3 Å². The smallest absolute Gasteiger partial charge is 0.164 e. The number of benzene rings is 1. The summed E-state index contributed by atoms with van der Waals surface area (Å²) >= 11 is 0. The average molecular weight is 235 g/mol. The van der Waals surface area contributed by atoms with Crippen LogP contribution in [0.5, 0.6) is 0 Å². The van der Waals surface area contributed by atoms with Crippen LogP contribution in [-0.2, 0) is 4.84 Å². The van der Waals surface area contributed by atoms with E-state index in [0.29, 0.717) is 12.3 Å². The summed E-state index contributed by atoms with van der Waals surface area (Å²) in [5.74, 6) is 0.687. The van der Waals surface area contributed by atoms with Gasteiger partial charge in [-0.05, 0) is 12.3 Å². The first kappa shape index (κ1) is 13.9. The highest BCUT2D eigenvalue weighted by Crippen LogP contribution is 2.12. The number of hydrogen-bond acceptors (Lipinski definition) is 3. The highest BCUT2D eigenvalue weighted by molar-refractivity contribution is 5.96. The minimum atomic E-state index is 0.0766. The average Bonchev–Trinajstić information content (AvgIpc) is 2.29. The largest absolute Gasteiger partial charge is 0.305 e. The summed E-state index contributed by atoms with van der Waals surface area (Å²) in [4.78, 5) is 17.0. The molecule has 0 saturated heterocycles. The topological polar surface area (TPSA) is 38.3 Å². The zero-order chi connectivity index (χ0) is 12.7. The molecule has 0 amide bonds. The van der Waals surface area contributed by atoms with E-state index in [0.717, 1.165) is 12.0 Å². The predicted molar refractivity (Wildman–Crippen MR) is 68.8 cm³/mol. The number of carbonyl (C=O) groups is 1. The summed E-state index contributed by atoms with van der Waals surface area (Å²) in [6, 6.07) is 9.45. The number of hydrogen-bond donors (Lipinski definition) is 1. The van der Waals surface area contributed by atoms with Gasteiger partial charge in [0.25, 0.3) is 0 Å². The lowest BCUT2D eigenvalue weighted by Gasteiger charge is -2.18. The molecule has 0 heterocycles. The van der Waals surface area contributed by atoms with Crippen molar-refractivity contribution in [3.63, 3.8) is 0 Å². The quantitative estimate of drug-likeness (QED) is 0.583. The van der Waals surface area contributed by atoms with Crippen LogP contribution in [0.3, 0.4) is 0 Å². The first-order valence-electron chi connectivity index (χ1n) is 6.00. The fourth-order valence-electron chi connectivity index (χ4n) is 1.87. The number of Topliss-reactive ketones (excluding diaryl/α,β-unsaturated/α-hetero) is 1. The SMILES string of the molecule is CON[C@H](CC(=O)c1ccccc1)CC(C)C. The van der Waals surface area contributed by atoms with Gasteiger partial charge in [-0.15, -0.1) is 0 Å². The summed E-state index contributed by atoms with van der Waals surface area (Å²) in [6.07, 6.45) is 1.39. The first-order valence-corrected chi connectivity index (χ1v) is 6.00. The third kappa shape index (κ3) is 5.11. The second-order valence-corrected chi connectivity index (χ2v) is 4.64. The van der Waals surface area contributed by atoms with Crippen molar-refractivity contribution in [2.45, 2.75) is 32.7 Å². The molecule has 0 aliphatic carbocycles. The Hall–Kier alpha value is -1.19. The van der Waals surface area contributed by atoms with Crippen LogP contribution < -0.4 is 5.48 Å². The Balaban J connectivity index is 2.57. The monoisotopic (exact) mass is 235 g/mol. The van der Waals surface area contributed by atoms with Crippen LogP contribution in [0.2, 0.25) is 0 Å². The van der Waals surface area contributed by atoms with E-state index in [4.69, 9.17) is 4.84 Å². The fraction of sp³-hybridized carbons (Fsp3) is 0.500. The minimum Gasteiger partial charge on any atom is -0.305 e. The fourth-order valence-corrected chi connectivity index (χ4v) is 1.87. The second kappa shape index (κ2) is 7.20. The van der Waals surface area contributed by atoms with Crippen LogP contribution in [0, 0.1) is 5.92 Å².